The highest BCUT2D eigenvalue weighted by molar-refractivity contribution is 7.99. The second-order valence-corrected chi connectivity index (χ2v) is 5.46. The fraction of sp³-hybridized carbons (Fsp3) is 0.273. The molecule has 0 radical (unpaired) electrons. The van der Waals surface area contributed by atoms with Crippen molar-refractivity contribution in [3.05, 3.63) is 28.0 Å². The maximum atomic E-state index is 14.1. The molecular formula is C11H7ClFNO3S. The Morgan fingerprint density at radius 1 is 1.50 bits per heavy atom. The number of halogens is 2. The van der Waals surface area contributed by atoms with Crippen molar-refractivity contribution in [3.8, 4) is 0 Å². The van der Waals surface area contributed by atoms with Gasteiger partial charge in [-0.2, -0.15) is 0 Å². The van der Waals surface area contributed by atoms with E-state index in [1.165, 1.54) is 11.8 Å². The third-order valence-electron chi connectivity index (χ3n) is 2.85. The minimum Gasteiger partial charge on any atom is -0.431 e. The van der Waals surface area contributed by atoms with Crippen molar-refractivity contribution in [2.45, 2.75) is 17.4 Å². The summed E-state index contributed by atoms with van der Waals surface area (Å²) in [6.07, 6.45) is -1.34. The van der Waals surface area contributed by atoms with E-state index < -0.39 is 23.9 Å². The highest BCUT2D eigenvalue weighted by Gasteiger charge is 2.39. The summed E-state index contributed by atoms with van der Waals surface area (Å²) in [5, 5.41) is 1.93. The molecule has 0 aromatic heterocycles. The summed E-state index contributed by atoms with van der Waals surface area (Å²) in [7, 11) is 0. The number of rotatable bonds is 1. The Bertz CT molecular complexity index is 578. The second-order valence-electron chi connectivity index (χ2n) is 3.95. The number of thioether (sulfide) groups is 1. The van der Waals surface area contributed by atoms with Crippen LogP contribution in [0.4, 0.5) is 9.18 Å². The van der Waals surface area contributed by atoms with Crippen LogP contribution in [-0.2, 0) is 16.0 Å². The van der Waals surface area contributed by atoms with Gasteiger partial charge in [0.1, 0.15) is 5.82 Å². The van der Waals surface area contributed by atoms with Gasteiger partial charge < -0.3 is 4.74 Å². The van der Waals surface area contributed by atoms with Crippen LogP contribution in [0.2, 0.25) is 5.02 Å². The van der Waals surface area contributed by atoms with Crippen molar-refractivity contribution in [1.29, 1.82) is 0 Å². The van der Waals surface area contributed by atoms with Crippen LogP contribution in [0.1, 0.15) is 17.2 Å². The van der Waals surface area contributed by atoms with Crippen LogP contribution in [-0.4, -0.2) is 17.8 Å². The minimum atomic E-state index is -1.24. The number of carbonyl (C=O) groups excluding carboxylic acids is 2. The zero-order chi connectivity index (χ0) is 12.9. The van der Waals surface area contributed by atoms with Crippen LogP contribution in [0.25, 0.3) is 0 Å². The van der Waals surface area contributed by atoms with Crippen molar-refractivity contribution in [1.82, 2.24) is 5.32 Å². The molecule has 1 fully saturated rings. The lowest BCUT2D eigenvalue weighted by atomic mass is 10.0. The average Bonchev–Trinajstić information content (AvgIpc) is 2.87. The van der Waals surface area contributed by atoms with E-state index in [0.29, 0.717) is 4.90 Å². The molecule has 94 valence electrons. The molecule has 1 saturated heterocycles. The number of nitrogens with one attached hydrogen (secondary N) is 1. The monoisotopic (exact) mass is 287 g/mol. The Kier molecular flexibility index (Phi) is 2.71. The van der Waals surface area contributed by atoms with Crippen LogP contribution in [0.5, 0.6) is 0 Å². The van der Waals surface area contributed by atoms with Gasteiger partial charge >= 0.3 is 6.09 Å². The number of cyclic esters (lactones) is 1. The molecule has 0 bridgehead atoms. The summed E-state index contributed by atoms with van der Waals surface area (Å²) in [5.41, 5.74) is 0.959. The SMILES string of the molecule is O=C1NC(=O)C(c2c(F)c(Cl)cc3c2SCC3)O1. The van der Waals surface area contributed by atoms with Crippen LogP contribution in [0.15, 0.2) is 11.0 Å². The van der Waals surface area contributed by atoms with E-state index in [0.717, 1.165) is 17.7 Å². The van der Waals surface area contributed by atoms with Gasteiger partial charge in [-0.1, -0.05) is 11.6 Å². The Hall–Kier alpha value is -1.27. The maximum absolute atomic E-state index is 14.1. The predicted molar refractivity (Wildman–Crippen MR) is 63.2 cm³/mol. The van der Waals surface area contributed by atoms with E-state index in [9.17, 15) is 14.0 Å². The van der Waals surface area contributed by atoms with Gasteiger partial charge in [-0.3, -0.25) is 10.1 Å². The summed E-state index contributed by atoms with van der Waals surface area (Å²) < 4.78 is 18.9. The van der Waals surface area contributed by atoms with Gasteiger partial charge in [0.05, 0.1) is 10.6 Å². The number of benzene rings is 1. The third kappa shape index (κ3) is 1.67. The lowest BCUT2D eigenvalue weighted by Gasteiger charge is -2.13. The highest BCUT2D eigenvalue weighted by atomic mass is 35.5. The molecule has 0 spiro atoms. The average molecular weight is 288 g/mol. The lowest BCUT2D eigenvalue weighted by Crippen LogP contribution is -2.21. The first-order valence-electron chi connectivity index (χ1n) is 5.23. The fourth-order valence-electron chi connectivity index (χ4n) is 2.08. The summed E-state index contributed by atoms with van der Waals surface area (Å²) in [6.45, 7) is 0. The first-order chi connectivity index (χ1) is 8.58. The van der Waals surface area contributed by atoms with Gasteiger partial charge in [-0.05, 0) is 18.1 Å². The zero-order valence-corrected chi connectivity index (χ0v) is 10.5. The molecule has 2 amide bonds. The number of hydrogen-bond acceptors (Lipinski definition) is 4. The Morgan fingerprint density at radius 3 is 2.94 bits per heavy atom. The van der Waals surface area contributed by atoms with E-state index in [2.05, 4.69) is 0 Å². The molecular weight excluding hydrogens is 281 g/mol. The Labute approximate surface area is 111 Å². The summed E-state index contributed by atoms with van der Waals surface area (Å²) in [4.78, 5) is 23.2. The standard InChI is InChI=1S/C11H7ClFNO3S/c12-5-3-4-1-2-18-9(4)6(7(5)13)8-10(15)14-11(16)17-8/h3,8H,1-2H2,(H,14,15,16). The van der Waals surface area contributed by atoms with Crippen molar-refractivity contribution in [2.24, 2.45) is 0 Å². The molecule has 4 nitrogen and oxygen atoms in total. The molecule has 0 saturated carbocycles. The van der Waals surface area contributed by atoms with Crippen molar-refractivity contribution in [3.63, 3.8) is 0 Å². The number of aryl methyl sites for hydroxylation is 1. The molecule has 2 aliphatic rings. The van der Waals surface area contributed by atoms with E-state index >= 15 is 0 Å². The first-order valence-corrected chi connectivity index (χ1v) is 6.59. The van der Waals surface area contributed by atoms with E-state index in [-0.39, 0.29) is 10.6 Å². The molecule has 3 rings (SSSR count). The van der Waals surface area contributed by atoms with E-state index in [4.69, 9.17) is 16.3 Å². The van der Waals surface area contributed by atoms with Crippen molar-refractivity contribution >= 4 is 35.4 Å². The third-order valence-corrected chi connectivity index (χ3v) is 4.31. The van der Waals surface area contributed by atoms with Crippen LogP contribution < -0.4 is 5.32 Å². The predicted octanol–water partition coefficient (Wildman–Crippen LogP) is 2.43. The van der Waals surface area contributed by atoms with Gasteiger partial charge in [0.25, 0.3) is 5.91 Å². The highest BCUT2D eigenvalue weighted by Crippen LogP contribution is 2.42. The Morgan fingerprint density at radius 2 is 2.28 bits per heavy atom. The normalized spacial score (nSPS) is 21.8. The molecule has 1 aromatic carbocycles. The molecule has 1 N–H and O–H groups in total. The van der Waals surface area contributed by atoms with Gasteiger partial charge in [0.15, 0.2) is 0 Å². The fourth-order valence-corrected chi connectivity index (χ4v) is 3.54. The largest absolute Gasteiger partial charge is 0.431 e. The molecule has 2 heterocycles. The Balaban J connectivity index is 2.17. The number of carbonyl (C=O) groups is 2. The van der Waals surface area contributed by atoms with Gasteiger partial charge in [-0.15, -0.1) is 11.8 Å². The number of ether oxygens (including phenoxy) is 1. The molecule has 7 heteroatoms. The number of fused-ring (bicyclic) bond motifs is 1. The number of hydrogen-bond donors (Lipinski definition) is 1. The topological polar surface area (TPSA) is 55.4 Å². The molecule has 1 atom stereocenters. The van der Waals surface area contributed by atoms with Crippen LogP contribution in [0.3, 0.4) is 0 Å². The van der Waals surface area contributed by atoms with E-state index in [1.54, 1.807) is 6.07 Å². The lowest BCUT2D eigenvalue weighted by molar-refractivity contribution is -0.123. The second kappa shape index (κ2) is 4.13. The van der Waals surface area contributed by atoms with Gasteiger partial charge in [0.2, 0.25) is 6.10 Å². The molecule has 0 aliphatic carbocycles. The summed E-state index contributed by atoms with van der Waals surface area (Å²) in [5.74, 6) is -0.555. The maximum Gasteiger partial charge on any atom is 0.415 e. The van der Waals surface area contributed by atoms with Crippen molar-refractivity contribution < 1.29 is 18.7 Å². The smallest absolute Gasteiger partial charge is 0.415 e. The molecule has 2 aliphatic heterocycles. The van der Waals surface area contributed by atoms with Gasteiger partial charge in [-0.25, -0.2) is 9.18 Å². The quantitative estimate of drug-likeness (QED) is 0.862. The summed E-state index contributed by atoms with van der Waals surface area (Å²) >= 11 is 7.24. The number of imide groups is 1. The number of alkyl carbamates (subject to hydrolysis) is 1. The first kappa shape index (κ1) is 11.8. The molecule has 1 unspecified atom stereocenters. The van der Waals surface area contributed by atoms with Crippen LogP contribution in [0, 0.1) is 5.82 Å². The molecule has 18 heavy (non-hydrogen) atoms. The zero-order valence-electron chi connectivity index (χ0n) is 8.96. The summed E-state index contributed by atoms with van der Waals surface area (Å²) in [6, 6.07) is 1.56. The minimum absolute atomic E-state index is 0.0537. The van der Waals surface area contributed by atoms with Crippen LogP contribution >= 0.6 is 23.4 Å². The number of amides is 2. The van der Waals surface area contributed by atoms with E-state index in [1.807, 2.05) is 5.32 Å². The van der Waals surface area contributed by atoms with Gasteiger partial charge in [0, 0.05) is 10.6 Å². The van der Waals surface area contributed by atoms with Crippen molar-refractivity contribution in [2.75, 3.05) is 5.75 Å². The molecule has 1 aromatic rings.